The third kappa shape index (κ3) is 3.38. The van der Waals surface area contributed by atoms with Crippen molar-refractivity contribution in [3.63, 3.8) is 0 Å². The van der Waals surface area contributed by atoms with Crippen LogP contribution in [0.3, 0.4) is 0 Å². The highest BCUT2D eigenvalue weighted by molar-refractivity contribution is 5.93. The number of carbonyl (C=O) groups excluding carboxylic acids is 1. The van der Waals surface area contributed by atoms with Crippen LogP contribution in [0.1, 0.15) is 16.6 Å². The van der Waals surface area contributed by atoms with E-state index in [-0.39, 0.29) is 41.2 Å². The van der Waals surface area contributed by atoms with Crippen LogP contribution in [0.25, 0.3) is 17.1 Å². The van der Waals surface area contributed by atoms with Crippen molar-refractivity contribution in [2.75, 3.05) is 19.4 Å². The average molecular weight is 427 g/mol. The standard InChI is InChI=1S/C15H18N8O5.ClH/c1-17-13(27)6-2-19-23(3-6)15-20-11(16)8-12(21-15)22(5-18-8)14-10(26)9(25)7(4-24)28-14;/h2-3,5,7,9-10,14,24-26H,4H2,1H3,(H,17,27)(H2,16,20,21);1H/t7-,9-,10-,14-;/m1./s1. The summed E-state index contributed by atoms with van der Waals surface area (Å²) in [6.07, 6.45) is -0.418. The number of carbonyl (C=O) groups is 1. The predicted octanol–water partition coefficient (Wildman–Crippen LogP) is -2.01. The first-order chi connectivity index (χ1) is 13.4. The van der Waals surface area contributed by atoms with E-state index in [9.17, 15) is 20.1 Å². The molecule has 0 aliphatic carbocycles. The summed E-state index contributed by atoms with van der Waals surface area (Å²) in [5.74, 6) is -0.187. The Balaban J connectivity index is 0.00000240. The summed E-state index contributed by atoms with van der Waals surface area (Å²) >= 11 is 0. The topological polar surface area (TPSA) is 186 Å². The maximum Gasteiger partial charge on any atom is 0.254 e. The maximum atomic E-state index is 11.7. The maximum absolute atomic E-state index is 11.7. The number of rotatable bonds is 4. The van der Waals surface area contributed by atoms with Gasteiger partial charge in [-0.15, -0.1) is 12.4 Å². The number of nitrogens with one attached hydrogen (secondary N) is 1. The number of nitrogens with two attached hydrogens (primary N) is 1. The van der Waals surface area contributed by atoms with Gasteiger partial charge in [0, 0.05) is 13.2 Å². The van der Waals surface area contributed by atoms with Gasteiger partial charge in [-0.25, -0.2) is 9.67 Å². The Bertz CT molecular complexity index is 1040. The van der Waals surface area contributed by atoms with Gasteiger partial charge in [-0.1, -0.05) is 0 Å². The number of aliphatic hydroxyl groups is 3. The molecule has 0 saturated carbocycles. The zero-order chi connectivity index (χ0) is 20.0. The van der Waals surface area contributed by atoms with Gasteiger partial charge in [0.05, 0.1) is 24.7 Å². The van der Waals surface area contributed by atoms with E-state index in [2.05, 4.69) is 25.4 Å². The lowest BCUT2D eigenvalue weighted by molar-refractivity contribution is -0.0511. The fourth-order valence-electron chi connectivity index (χ4n) is 3.02. The van der Waals surface area contributed by atoms with Crippen LogP contribution in [-0.4, -0.2) is 82.5 Å². The minimum absolute atomic E-state index is 0. The Morgan fingerprint density at radius 3 is 2.76 bits per heavy atom. The first kappa shape index (κ1) is 20.9. The normalized spacial score (nSPS) is 23.9. The molecule has 13 nitrogen and oxygen atoms in total. The Hall–Kier alpha value is -2.84. The van der Waals surface area contributed by atoms with Crippen molar-refractivity contribution in [2.24, 2.45) is 0 Å². The lowest BCUT2D eigenvalue weighted by Crippen LogP contribution is -2.33. The molecule has 29 heavy (non-hydrogen) atoms. The summed E-state index contributed by atoms with van der Waals surface area (Å²) in [7, 11) is 1.50. The van der Waals surface area contributed by atoms with Crippen LogP contribution in [0, 0.1) is 0 Å². The van der Waals surface area contributed by atoms with Gasteiger partial charge in [-0.05, 0) is 0 Å². The number of amides is 1. The lowest BCUT2D eigenvalue weighted by atomic mass is 10.1. The van der Waals surface area contributed by atoms with E-state index < -0.39 is 31.1 Å². The summed E-state index contributed by atoms with van der Waals surface area (Å²) < 4.78 is 8.18. The number of imidazole rings is 1. The molecule has 0 unspecified atom stereocenters. The second-order valence-electron chi connectivity index (χ2n) is 6.21. The lowest BCUT2D eigenvalue weighted by Gasteiger charge is -2.16. The molecule has 4 rings (SSSR count). The second kappa shape index (κ2) is 7.88. The Labute approximate surface area is 169 Å². The van der Waals surface area contributed by atoms with Crippen molar-refractivity contribution in [2.45, 2.75) is 24.5 Å². The Morgan fingerprint density at radius 2 is 2.10 bits per heavy atom. The quantitative estimate of drug-likeness (QED) is 0.312. The highest BCUT2D eigenvalue weighted by atomic mass is 35.5. The van der Waals surface area contributed by atoms with Crippen molar-refractivity contribution in [3.8, 4) is 5.95 Å². The number of hydrogen-bond donors (Lipinski definition) is 5. The molecule has 14 heteroatoms. The summed E-state index contributed by atoms with van der Waals surface area (Å²) in [6.45, 7) is -0.459. The van der Waals surface area contributed by atoms with Gasteiger partial charge in [0.2, 0.25) is 0 Å². The van der Waals surface area contributed by atoms with Crippen LogP contribution in [0.15, 0.2) is 18.7 Å². The van der Waals surface area contributed by atoms with Gasteiger partial charge in [-0.3, -0.25) is 9.36 Å². The van der Waals surface area contributed by atoms with Gasteiger partial charge in [0.25, 0.3) is 11.9 Å². The SMILES string of the molecule is CNC(=O)c1cnn(-c2nc(N)c3ncn([C@@H]4O[C@H](CO)[C@@H](O)[C@H]4O)c3n2)c1.Cl. The minimum Gasteiger partial charge on any atom is -0.394 e. The van der Waals surface area contributed by atoms with Crippen molar-refractivity contribution in [1.82, 2.24) is 34.6 Å². The smallest absolute Gasteiger partial charge is 0.254 e. The van der Waals surface area contributed by atoms with Crippen LogP contribution < -0.4 is 11.1 Å². The van der Waals surface area contributed by atoms with Crippen molar-refractivity contribution >= 4 is 35.3 Å². The summed E-state index contributed by atoms with van der Waals surface area (Å²) in [6, 6.07) is 0. The van der Waals surface area contributed by atoms with Gasteiger partial charge >= 0.3 is 0 Å². The Kier molecular flexibility index (Phi) is 5.68. The Morgan fingerprint density at radius 1 is 1.34 bits per heavy atom. The molecule has 1 aliphatic heterocycles. The molecule has 4 heterocycles. The number of nitrogen functional groups attached to an aromatic ring is 1. The van der Waals surface area contributed by atoms with Gasteiger partial charge in [-0.2, -0.15) is 15.1 Å². The van der Waals surface area contributed by atoms with Crippen LogP contribution in [0.2, 0.25) is 0 Å². The predicted molar refractivity (Wildman–Crippen MR) is 101 cm³/mol. The molecular formula is C15H19ClN8O5. The number of ether oxygens (including phenoxy) is 1. The number of aliphatic hydroxyl groups excluding tert-OH is 3. The number of halogens is 1. The number of nitrogens with zero attached hydrogens (tertiary/aromatic N) is 6. The molecule has 6 N–H and O–H groups in total. The van der Waals surface area contributed by atoms with Crippen LogP contribution in [-0.2, 0) is 4.74 Å². The van der Waals surface area contributed by atoms with Gasteiger partial charge in [0.15, 0.2) is 17.7 Å². The number of hydrogen-bond acceptors (Lipinski definition) is 10. The van der Waals surface area contributed by atoms with Crippen molar-refractivity contribution in [1.29, 1.82) is 0 Å². The second-order valence-corrected chi connectivity index (χ2v) is 6.21. The summed E-state index contributed by atoms with van der Waals surface area (Å²) in [4.78, 5) is 24.4. The molecular weight excluding hydrogens is 408 g/mol. The third-order valence-corrected chi connectivity index (χ3v) is 4.50. The minimum atomic E-state index is -1.31. The van der Waals surface area contributed by atoms with E-state index in [1.807, 2.05) is 0 Å². The molecule has 0 bridgehead atoms. The molecule has 0 radical (unpaired) electrons. The molecule has 1 saturated heterocycles. The monoisotopic (exact) mass is 426 g/mol. The molecule has 3 aromatic rings. The summed E-state index contributed by atoms with van der Waals surface area (Å²) in [5.41, 5.74) is 6.78. The van der Waals surface area contributed by atoms with E-state index in [1.165, 1.54) is 35.0 Å². The average Bonchev–Trinajstić information content (AvgIpc) is 3.40. The number of anilines is 1. The fourth-order valence-corrected chi connectivity index (χ4v) is 3.02. The molecule has 1 fully saturated rings. The molecule has 0 spiro atoms. The van der Waals surface area contributed by atoms with E-state index >= 15 is 0 Å². The molecule has 3 aromatic heterocycles. The van der Waals surface area contributed by atoms with E-state index in [4.69, 9.17) is 10.5 Å². The van der Waals surface area contributed by atoms with E-state index in [0.29, 0.717) is 5.56 Å². The molecule has 1 amide bonds. The molecule has 0 aromatic carbocycles. The molecule has 4 atom stereocenters. The van der Waals surface area contributed by atoms with Crippen molar-refractivity contribution < 1.29 is 24.9 Å². The largest absolute Gasteiger partial charge is 0.394 e. The van der Waals surface area contributed by atoms with Crippen LogP contribution >= 0.6 is 12.4 Å². The van der Waals surface area contributed by atoms with Gasteiger partial charge < -0.3 is 31.1 Å². The number of aromatic nitrogens is 6. The van der Waals surface area contributed by atoms with Crippen LogP contribution in [0.4, 0.5) is 5.82 Å². The van der Waals surface area contributed by atoms with Crippen LogP contribution in [0.5, 0.6) is 0 Å². The third-order valence-electron chi connectivity index (χ3n) is 4.50. The fraction of sp³-hybridized carbons (Fsp3) is 0.400. The number of fused-ring (bicyclic) bond motifs is 1. The highest BCUT2D eigenvalue weighted by Gasteiger charge is 2.44. The zero-order valence-electron chi connectivity index (χ0n) is 15.1. The molecule has 156 valence electrons. The van der Waals surface area contributed by atoms with E-state index in [1.54, 1.807) is 0 Å². The first-order valence-electron chi connectivity index (χ1n) is 8.34. The van der Waals surface area contributed by atoms with Gasteiger partial charge in [0.1, 0.15) is 23.8 Å². The van der Waals surface area contributed by atoms with Crippen molar-refractivity contribution in [3.05, 3.63) is 24.3 Å². The van der Waals surface area contributed by atoms with E-state index in [0.717, 1.165) is 0 Å². The first-order valence-corrected chi connectivity index (χ1v) is 8.34. The zero-order valence-corrected chi connectivity index (χ0v) is 15.9. The summed E-state index contributed by atoms with van der Waals surface area (Å²) in [5, 5.41) is 36.1. The highest BCUT2D eigenvalue weighted by Crippen LogP contribution is 2.32. The molecule has 1 aliphatic rings.